The molecule has 0 fully saturated rings. The molecule has 0 radical (unpaired) electrons. The van der Waals surface area contributed by atoms with E-state index in [1.54, 1.807) is 36.4 Å². The number of benzene rings is 2. The van der Waals surface area contributed by atoms with Crippen LogP contribution in [0.1, 0.15) is 10.4 Å². The summed E-state index contributed by atoms with van der Waals surface area (Å²) in [5.41, 5.74) is 1.54. The number of aromatic nitrogens is 1. The quantitative estimate of drug-likeness (QED) is 0.574. The van der Waals surface area contributed by atoms with Gasteiger partial charge < -0.3 is 19.9 Å². The maximum atomic E-state index is 12.2. The van der Waals surface area contributed by atoms with Crippen molar-refractivity contribution >= 4 is 23.4 Å². The summed E-state index contributed by atoms with van der Waals surface area (Å²) in [6.45, 7) is 0.539. The van der Waals surface area contributed by atoms with Crippen LogP contribution in [0.2, 0.25) is 5.02 Å². The van der Waals surface area contributed by atoms with Gasteiger partial charge in [-0.1, -0.05) is 11.6 Å². The third-order valence-electron chi connectivity index (χ3n) is 3.95. The van der Waals surface area contributed by atoms with Crippen LogP contribution in [0.3, 0.4) is 0 Å². The Labute approximate surface area is 168 Å². The second-order valence-electron chi connectivity index (χ2n) is 5.99. The SMILES string of the molecule is O=C(COc1ccc(Cl)cc1)NCCNC(=O)c1ccc(-n2cccc2)cc1. The molecule has 3 rings (SSSR count). The monoisotopic (exact) mass is 397 g/mol. The Hall–Kier alpha value is -3.25. The van der Waals surface area contributed by atoms with Crippen molar-refractivity contribution in [2.24, 2.45) is 0 Å². The standard InChI is InChI=1S/C21H20ClN3O3/c22-17-5-9-19(10-6-17)28-15-20(26)23-11-12-24-21(27)16-3-7-18(8-4-16)25-13-1-2-14-25/h1-10,13-14H,11-12,15H2,(H,23,26)(H,24,27). The molecule has 0 spiro atoms. The average Bonchev–Trinajstić information content (AvgIpc) is 3.25. The predicted molar refractivity (Wildman–Crippen MR) is 108 cm³/mol. The van der Waals surface area contributed by atoms with Crippen LogP contribution in [0.25, 0.3) is 5.69 Å². The van der Waals surface area contributed by atoms with Gasteiger partial charge in [0.05, 0.1) is 0 Å². The fourth-order valence-corrected chi connectivity index (χ4v) is 2.63. The number of hydrogen-bond acceptors (Lipinski definition) is 3. The van der Waals surface area contributed by atoms with E-state index in [-0.39, 0.29) is 18.4 Å². The number of halogens is 1. The normalized spacial score (nSPS) is 10.3. The summed E-state index contributed by atoms with van der Waals surface area (Å²) >= 11 is 5.79. The number of hydrogen-bond donors (Lipinski definition) is 2. The minimum atomic E-state index is -0.264. The predicted octanol–water partition coefficient (Wildman–Crippen LogP) is 3.06. The van der Waals surface area contributed by atoms with E-state index < -0.39 is 0 Å². The molecule has 2 aromatic carbocycles. The highest BCUT2D eigenvalue weighted by Crippen LogP contribution is 2.15. The largest absolute Gasteiger partial charge is 0.484 e. The summed E-state index contributed by atoms with van der Waals surface area (Å²) in [5, 5.41) is 6.07. The van der Waals surface area contributed by atoms with Gasteiger partial charge in [-0.3, -0.25) is 9.59 Å². The Balaban J connectivity index is 1.35. The Morgan fingerprint density at radius 3 is 2.21 bits per heavy atom. The highest BCUT2D eigenvalue weighted by molar-refractivity contribution is 6.30. The Kier molecular flexibility index (Phi) is 6.70. The first-order valence-corrected chi connectivity index (χ1v) is 9.16. The fourth-order valence-electron chi connectivity index (χ4n) is 2.50. The highest BCUT2D eigenvalue weighted by atomic mass is 35.5. The molecule has 0 aliphatic carbocycles. The van der Waals surface area contributed by atoms with Gasteiger partial charge in [0.1, 0.15) is 5.75 Å². The summed E-state index contributed by atoms with van der Waals surface area (Å²) < 4.78 is 7.31. The van der Waals surface area contributed by atoms with Crippen LogP contribution in [0.5, 0.6) is 5.75 Å². The molecule has 2 amide bonds. The minimum Gasteiger partial charge on any atom is -0.484 e. The van der Waals surface area contributed by atoms with E-state index in [9.17, 15) is 9.59 Å². The van der Waals surface area contributed by atoms with Gasteiger partial charge in [-0.05, 0) is 60.7 Å². The molecule has 0 bridgehead atoms. The zero-order valence-electron chi connectivity index (χ0n) is 15.1. The molecule has 0 aliphatic rings. The Bertz CT molecular complexity index is 907. The Morgan fingerprint density at radius 2 is 1.54 bits per heavy atom. The van der Waals surface area contributed by atoms with Crippen LogP contribution in [-0.2, 0) is 4.79 Å². The lowest BCUT2D eigenvalue weighted by Crippen LogP contribution is -2.36. The van der Waals surface area contributed by atoms with Crippen molar-refractivity contribution in [3.8, 4) is 11.4 Å². The second-order valence-corrected chi connectivity index (χ2v) is 6.42. The molecule has 7 heteroatoms. The van der Waals surface area contributed by atoms with E-state index in [1.165, 1.54) is 0 Å². The molecule has 1 heterocycles. The van der Waals surface area contributed by atoms with Gasteiger partial charge in [-0.15, -0.1) is 0 Å². The average molecular weight is 398 g/mol. The van der Waals surface area contributed by atoms with Crippen LogP contribution in [0, 0.1) is 0 Å². The highest BCUT2D eigenvalue weighted by Gasteiger charge is 2.06. The van der Waals surface area contributed by atoms with Crippen molar-refractivity contribution in [1.29, 1.82) is 0 Å². The van der Waals surface area contributed by atoms with Gasteiger partial charge in [0, 0.05) is 41.8 Å². The number of nitrogens with one attached hydrogen (secondary N) is 2. The molecule has 6 nitrogen and oxygen atoms in total. The van der Waals surface area contributed by atoms with Gasteiger partial charge >= 0.3 is 0 Å². The first kappa shape index (κ1) is 19.5. The van der Waals surface area contributed by atoms with Crippen LogP contribution in [0.15, 0.2) is 73.1 Å². The van der Waals surface area contributed by atoms with Crippen molar-refractivity contribution < 1.29 is 14.3 Å². The van der Waals surface area contributed by atoms with Crippen molar-refractivity contribution in [1.82, 2.24) is 15.2 Å². The van der Waals surface area contributed by atoms with E-state index in [2.05, 4.69) is 10.6 Å². The number of rotatable bonds is 8. The zero-order chi connectivity index (χ0) is 19.8. The maximum absolute atomic E-state index is 12.2. The topological polar surface area (TPSA) is 72.4 Å². The number of ether oxygens (including phenoxy) is 1. The van der Waals surface area contributed by atoms with Crippen LogP contribution < -0.4 is 15.4 Å². The number of carbonyl (C=O) groups is 2. The number of nitrogens with zero attached hydrogens (tertiary/aromatic N) is 1. The van der Waals surface area contributed by atoms with Crippen molar-refractivity contribution in [3.05, 3.63) is 83.6 Å². The van der Waals surface area contributed by atoms with Crippen molar-refractivity contribution in [2.45, 2.75) is 0 Å². The van der Waals surface area contributed by atoms with E-state index in [4.69, 9.17) is 16.3 Å². The lowest BCUT2D eigenvalue weighted by molar-refractivity contribution is -0.123. The summed E-state index contributed by atoms with van der Waals surface area (Å²) in [6.07, 6.45) is 3.88. The molecular formula is C21H20ClN3O3. The zero-order valence-corrected chi connectivity index (χ0v) is 15.9. The summed E-state index contributed by atoms with van der Waals surface area (Å²) in [5.74, 6) is 0.113. The van der Waals surface area contributed by atoms with Gasteiger partial charge in [0.25, 0.3) is 11.8 Å². The third-order valence-corrected chi connectivity index (χ3v) is 4.20. The number of amides is 2. The van der Waals surface area contributed by atoms with E-state index in [1.807, 2.05) is 41.2 Å². The van der Waals surface area contributed by atoms with E-state index in [0.29, 0.717) is 29.4 Å². The van der Waals surface area contributed by atoms with Gasteiger partial charge in [0.15, 0.2) is 6.61 Å². The number of carbonyl (C=O) groups excluding carboxylic acids is 2. The molecule has 0 atom stereocenters. The molecule has 0 saturated heterocycles. The molecule has 0 unspecified atom stereocenters. The molecule has 28 heavy (non-hydrogen) atoms. The van der Waals surface area contributed by atoms with E-state index >= 15 is 0 Å². The molecule has 3 aromatic rings. The lowest BCUT2D eigenvalue weighted by Gasteiger charge is -2.09. The van der Waals surface area contributed by atoms with Gasteiger partial charge in [0.2, 0.25) is 0 Å². The fraction of sp³-hybridized carbons (Fsp3) is 0.143. The first-order valence-electron chi connectivity index (χ1n) is 8.78. The van der Waals surface area contributed by atoms with Crippen molar-refractivity contribution in [3.63, 3.8) is 0 Å². The molecular weight excluding hydrogens is 378 g/mol. The molecule has 1 aromatic heterocycles. The molecule has 0 aliphatic heterocycles. The summed E-state index contributed by atoms with van der Waals surface area (Å²) in [4.78, 5) is 23.9. The maximum Gasteiger partial charge on any atom is 0.258 e. The summed E-state index contributed by atoms with van der Waals surface area (Å²) in [6, 6.07) is 17.9. The second kappa shape index (κ2) is 9.62. The van der Waals surface area contributed by atoms with Gasteiger partial charge in [-0.2, -0.15) is 0 Å². The van der Waals surface area contributed by atoms with Gasteiger partial charge in [-0.25, -0.2) is 0 Å². The molecule has 144 valence electrons. The first-order chi connectivity index (χ1) is 13.6. The van der Waals surface area contributed by atoms with Crippen LogP contribution in [-0.4, -0.2) is 36.1 Å². The smallest absolute Gasteiger partial charge is 0.258 e. The van der Waals surface area contributed by atoms with Crippen LogP contribution >= 0.6 is 11.6 Å². The third kappa shape index (κ3) is 5.62. The Morgan fingerprint density at radius 1 is 0.893 bits per heavy atom. The summed E-state index contributed by atoms with van der Waals surface area (Å²) in [7, 11) is 0. The minimum absolute atomic E-state index is 0.101. The lowest BCUT2D eigenvalue weighted by atomic mass is 10.2. The molecule has 0 saturated carbocycles. The van der Waals surface area contributed by atoms with Crippen LogP contribution in [0.4, 0.5) is 0 Å². The van der Waals surface area contributed by atoms with Crippen molar-refractivity contribution in [2.75, 3.05) is 19.7 Å². The molecule has 2 N–H and O–H groups in total. The van der Waals surface area contributed by atoms with E-state index in [0.717, 1.165) is 5.69 Å².